The molecule has 4 aromatic rings. The molecule has 0 radical (unpaired) electrons. The van der Waals surface area contributed by atoms with Crippen molar-refractivity contribution in [3.8, 4) is 11.1 Å². The summed E-state index contributed by atoms with van der Waals surface area (Å²) >= 11 is 0. The summed E-state index contributed by atoms with van der Waals surface area (Å²) in [6.07, 6.45) is 5.12. The topological polar surface area (TPSA) is 87.3 Å². The molecule has 4 aromatic carbocycles. The van der Waals surface area contributed by atoms with Crippen molar-refractivity contribution in [2.75, 3.05) is 10.6 Å². The Morgan fingerprint density at radius 1 is 0.731 bits per heavy atom. The molecule has 5 rings (SSSR count). The third kappa shape index (κ3) is 6.66. The van der Waals surface area contributed by atoms with Crippen molar-refractivity contribution >= 4 is 29.1 Å². The molecule has 1 aliphatic carbocycles. The summed E-state index contributed by atoms with van der Waals surface area (Å²) in [5.74, 6) is -0.642. The van der Waals surface area contributed by atoms with Crippen LogP contribution in [0.1, 0.15) is 86.1 Å². The lowest BCUT2D eigenvalue weighted by Gasteiger charge is -2.36. The van der Waals surface area contributed by atoms with Gasteiger partial charge < -0.3 is 16.0 Å². The zero-order chi connectivity index (χ0) is 38.1. The number of allylic oxidation sites excluding steroid dienone is 3. The van der Waals surface area contributed by atoms with Crippen LogP contribution in [0.15, 0.2) is 109 Å². The summed E-state index contributed by atoms with van der Waals surface area (Å²) < 4.78 is 0. The maximum atomic E-state index is 14.3. The molecule has 0 spiro atoms. The number of nitrogens with one attached hydrogen (secondary N) is 3. The lowest BCUT2D eigenvalue weighted by Crippen LogP contribution is -2.38. The second-order valence-electron chi connectivity index (χ2n) is 14.8. The van der Waals surface area contributed by atoms with E-state index in [9.17, 15) is 14.4 Å². The fourth-order valence-corrected chi connectivity index (χ4v) is 7.71. The number of hydrogen-bond donors (Lipinski definition) is 3. The van der Waals surface area contributed by atoms with E-state index in [2.05, 4.69) is 95.3 Å². The Balaban J connectivity index is 1.66. The van der Waals surface area contributed by atoms with Gasteiger partial charge in [0.1, 0.15) is 0 Å². The maximum Gasteiger partial charge on any atom is 0.250 e. The van der Waals surface area contributed by atoms with Gasteiger partial charge in [-0.1, -0.05) is 105 Å². The number of rotatable bonds is 10. The van der Waals surface area contributed by atoms with E-state index < -0.39 is 10.8 Å². The number of benzene rings is 4. The van der Waals surface area contributed by atoms with Crippen LogP contribution in [0.25, 0.3) is 11.1 Å². The molecule has 0 saturated carbocycles. The minimum Gasteiger partial charge on any atom is -0.326 e. The van der Waals surface area contributed by atoms with Gasteiger partial charge in [-0.05, 0) is 116 Å². The standard InChI is InChI=1S/C46H51N3O3/c1-12-17-33(9)47-43(51)32(8)26-45(11,27(2)3)44(52)49-42-30(6)24-36(25-31(42)7)46(35-22-28(4)41(29(5)23-35)48-34(10)50)39-20-15-13-18-37(39)38-19-14-16-21-40(38)46/h12-27H,1H2,2-11H3,(H,47,51)(H,48,50)(H,49,52)/b32-26+,33-17+. The zero-order valence-electron chi connectivity index (χ0n) is 32.2. The highest BCUT2D eigenvalue weighted by Gasteiger charge is 2.47. The van der Waals surface area contributed by atoms with Gasteiger partial charge in [0.15, 0.2) is 0 Å². The Labute approximate surface area is 309 Å². The first-order chi connectivity index (χ1) is 24.6. The summed E-state index contributed by atoms with van der Waals surface area (Å²) in [7, 11) is 0. The summed E-state index contributed by atoms with van der Waals surface area (Å²) in [5, 5.41) is 9.17. The van der Waals surface area contributed by atoms with Crippen molar-refractivity contribution in [1.29, 1.82) is 0 Å². The normalized spacial score (nSPS) is 14.6. The summed E-state index contributed by atoms with van der Waals surface area (Å²) in [6.45, 7) is 22.8. The van der Waals surface area contributed by atoms with Crippen molar-refractivity contribution in [3.63, 3.8) is 0 Å². The number of amides is 3. The monoisotopic (exact) mass is 693 g/mol. The quantitative estimate of drug-likeness (QED) is 0.101. The predicted octanol–water partition coefficient (Wildman–Crippen LogP) is 9.99. The largest absolute Gasteiger partial charge is 0.326 e. The fourth-order valence-electron chi connectivity index (χ4n) is 7.71. The Bertz CT molecular complexity index is 2080. The van der Waals surface area contributed by atoms with E-state index in [1.807, 2.05) is 48.5 Å². The van der Waals surface area contributed by atoms with E-state index in [1.165, 1.54) is 29.2 Å². The lowest BCUT2D eigenvalue weighted by atomic mass is 9.66. The van der Waals surface area contributed by atoms with Gasteiger partial charge in [-0.2, -0.15) is 0 Å². The van der Waals surface area contributed by atoms with Gasteiger partial charge in [-0.3, -0.25) is 14.4 Å². The average Bonchev–Trinajstić information content (AvgIpc) is 3.38. The molecule has 3 amide bonds. The van der Waals surface area contributed by atoms with E-state index in [0.717, 1.165) is 44.8 Å². The molecule has 3 N–H and O–H groups in total. The molecule has 0 aliphatic heterocycles. The van der Waals surface area contributed by atoms with Gasteiger partial charge in [-0.15, -0.1) is 0 Å². The molecule has 0 bridgehead atoms. The number of aryl methyl sites for hydroxylation is 4. The molecular weight excluding hydrogens is 643 g/mol. The number of fused-ring (bicyclic) bond motifs is 3. The van der Waals surface area contributed by atoms with E-state index in [-0.39, 0.29) is 23.6 Å². The summed E-state index contributed by atoms with van der Waals surface area (Å²) in [6, 6.07) is 26.0. The van der Waals surface area contributed by atoms with Gasteiger partial charge in [0.25, 0.3) is 5.91 Å². The Morgan fingerprint density at radius 2 is 1.17 bits per heavy atom. The molecule has 52 heavy (non-hydrogen) atoms. The fraction of sp³-hybridized carbons (Fsp3) is 0.283. The second kappa shape index (κ2) is 14.6. The molecule has 1 unspecified atom stereocenters. The van der Waals surface area contributed by atoms with Crippen molar-refractivity contribution < 1.29 is 14.4 Å². The molecular formula is C46H51N3O3. The molecule has 6 heteroatoms. The van der Waals surface area contributed by atoms with Crippen molar-refractivity contribution in [2.45, 2.75) is 74.7 Å². The first-order valence-corrected chi connectivity index (χ1v) is 17.9. The van der Waals surface area contributed by atoms with Crippen LogP contribution in [-0.2, 0) is 19.8 Å². The predicted molar refractivity (Wildman–Crippen MR) is 214 cm³/mol. The highest BCUT2D eigenvalue weighted by atomic mass is 16.2. The highest BCUT2D eigenvalue weighted by molar-refractivity contribution is 6.00. The zero-order valence-corrected chi connectivity index (χ0v) is 32.2. The van der Waals surface area contributed by atoms with Crippen LogP contribution in [0.2, 0.25) is 0 Å². The van der Waals surface area contributed by atoms with E-state index in [4.69, 9.17) is 0 Å². The smallest absolute Gasteiger partial charge is 0.250 e. The van der Waals surface area contributed by atoms with Gasteiger partial charge in [0.05, 0.1) is 10.8 Å². The third-order valence-corrected chi connectivity index (χ3v) is 10.7. The van der Waals surface area contributed by atoms with Crippen LogP contribution in [0.5, 0.6) is 0 Å². The van der Waals surface area contributed by atoms with Crippen molar-refractivity contribution in [3.05, 3.63) is 153 Å². The molecule has 1 atom stereocenters. The molecule has 0 fully saturated rings. The van der Waals surface area contributed by atoms with Crippen LogP contribution >= 0.6 is 0 Å². The Kier molecular flexibility index (Phi) is 10.6. The SMILES string of the molecule is C=C/C=C(\C)NC(=O)/C(C)=C/C(C)(C(=O)Nc1c(C)cc(C2(c3cc(C)c(NC(C)=O)c(C)c3)c3ccccc3-c3ccccc32)cc1C)C(C)C. The van der Waals surface area contributed by atoms with Gasteiger partial charge in [-0.25, -0.2) is 0 Å². The van der Waals surface area contributed by atoms with Gasteiger partial charge in [0.2, 0.25) is 11.8 Å². The second-order valence-corrected chi connectivity index (χ2v) is 14.8. The lowest BCUT2D eigenvalue weighted by molar-refractivity contribution is -0.124. The molecule has 0 aromatic heterocycles. The van der Waals surface area contributed by atoms with E-state index in [0.29, 0.717) is 11.3 Å². The summed E-state index contributed by atoms with van der Waals surface area (Å²) in [5.41, 5.74) is 11.9. The number of carbonyl (C=O) groups is 3. The van der Waals surface area contributed by atoms with Crippen LogP contribution in [0, 0.1) is 39.0 Å². The average molecular weight is 694 g/mol. The first-order valence-electron chi connectivity index (χ1n) is 17.9. The molecule has 1 aliphatic rings. The molecule has 0 saturated heterocycles. The number of carbonyl (C=O) groups excluding carboxylic acids is 3. The van der Waals surface area contributed by atoms with Gasteiger partial charge >= 0.3 is 0 Å². The van der Waals surface area contributed by atoms with Crippen LogP contribution in [0.3, 0.4) is 0 Å². The molecule has 268 valence electrons. The minimum atomic E-state index is -0.968. The molecule has 6 nitrogen and oxygen atoms in total. The maximum absolute atomic E-state index is 14.3. The third-order valence-electron chi connectivity index (χ3n) is 10.7. The van der Waals surface area contributed by atoms with Crippen LogP contribution in [0.4, 0.5) is 11.4 Å². The number of anilines is 2. The van der Waals surface area contributed by atoms with Crippen LogP contribution < -0.4 is 16.0 Å². The molecule has 0 heterocycles. The Hall–Kier alpha value is -5.49. The number of hydrogen-bond acceptors (Lipinski definition) is 3. The first kappa shape index (κ1) is 37.8. The van der Waals surface area contributed by atoms with E-state index >= 15 is 0 Å². The summed E-state index contributed by atoms with van der Waals surface area (Å²) in [4.78, 5) is 39.4. The van der Waals surface area contributed by atoms with Gasteiger partial charge in [0, 0.05) is 29.6 Å². The van der Waals surface area contributed by atoms with Crippen LogP contribution in [-0.4, -0.2) is 17.7 Å². The Morgan fingerprint density at radius 3 is 1.60 bits per heavy atom. The van der Waals surface area contributed by atoms with E-state index in [1.54, 1.807) is 32.1 Å². The highest BCUT2D eigenvalue weighted by Crippen LogP contribution is 2.57. The van der Waals surface area contributed by atoms with Crippen molar-refractivity contribution in [2.24, 2.45) is 11.3 Å². The minimum absolute atomic E-state index is 0.0957. The van der Waals surface area contributed by atoms with Crippen molar-refractivity contribution in [1.82, 2.24) is 5.32 Å².